The molecule has 0 aromatic rings. The maximum absolute atomic E-state index is 12.3. The van der Waals surface area contributed by atoms with Gasteiger partial charge in [0.1, 0.15) is 0 Å². The molecule has 1 heterocycles. The molecule has 6 heteroatoms. The van der Waals surface area contributed by atoms with Crippen molar-refractivity contribution in [1.82, 2.24) is 10.2 Å². The van der Waals surface area contributed by atoms with E-state index >= 15 is 0 Å². The summed E-state index contributed by atoms with van der Waals surface area (Å²) in [4.78, 5) is 25.6. The lowest BCUT2D eigenvalue weighted by atomic mass is 9.61. The molecule has 21 heavy (non-hydrogen) atoms. The third-order valence-corrected chi connectivity index (χ3v) is 6.29. The lowest BCUT2D eigenvalue weighted by Gasteiger charge is -2.46. The van der Waals surface area contributed by atoms with E-state index < -0.39 is 5.97 Å². The maximum atomic E-state index is 12.3. The van der Waals surface area contributed by atoms with E-state index in [1.165, 1.54) is 0 Å². The van der Waals surface area contributed by atoms with Crippen LogP contribution in [0.3, 0.4) is 0 Å². The largest absolute Gasteiger partial charge is 0.481 e. The number of nitrogens with one attached hydrogen (secondary N) is 1. The average molecular weight is 314 g/mol. The van der Waals surface area contributed by atoms with Crippen molar-refractivity contribution in [3.05, 3.63) is 0 Å². The number of carbonyl (C=O) groups is 2. The molecule has 1 aliphatic heterocycles. The fraction of sp³-hybridized carbons (Fsp3) is 0.867. The van der Waals surface area contributed by atoms with E-state index in [4.69, 9.17) is 0 Å². The molecule has 1 saturated heterocycles. The number of amides is 2. The average Bonchev–Trinajstić information content (AvgIpc) is 2.44. The van der Waals surface area contributed by atoms with E-state index in [2.05, 4.69) is 12.2 Å². The summed E-state index contributed by atoms with van der Waals surface area (Å²) in [5.41, 5.74) is -0.306. The molecule has 3 unspecified atom stereocenters. The number of carboxylic acid groups (broad SMARTS) is 1. The Balaban J connectivity index is 1.98. The van der Waals surface area contributed by atoms with Crippen molar-refractivity contribution in [1.29, 1.82) is 0 Å². The fourth-order valence-electron chi connectivity index (χ4n) is 3.46. The minimum absolute atomic E-state index is 0.0109. The minimum Gasteiger partial charge on any atom is -0.481 e. The van der Waals surface area contributed by atoms with Crippen LogP contribution in [0.4, 0.5) is 4.79 Å². The van der Waals surface area contributed by atoms with Crippen LogP contribution in [0.1, 0.15) is 33.6 Å². The second-order valence-electron chi connectivity index (χ2n) is 6.73. The molecule has 0 bridgehead atoms. The summed E-state index contributed by atoms with van der Waals surface area (Å²) in [5, 5.41) is 12.5. The lowest BCUT2D eigenvalue weighted by molar-refractivity contribution is -0.150. The van der Waals surface area contributed by atoms with Gasteiger partial charge in [0.15, 0.2) is 0 Å². The van der Waals surface area contributed by atoms with Gasteiger partial charge in [-0.15, -0.1) is 0 Å². The van der Waals surface area contributed by atoms with Crippen LogP contribution in [-0.2, 0) is 4.79 Å². The van der Waals surface area contributed by atoms with E-state index in [1.54, 1.807) is 0 Å². The lowest BCUT2D eigenvalue weighted by Crippen LogP contribution is -2.55. The van der Waals surface area contributed by atoms with Gasteiger partial charge < -0.3 is 15.3 Å². The van der Waals surface area contributed by atoms with Crippen LogP contribution in [-0.4, -0.2) is 52.6 Å². The van der Waals surface area contributed by atoms with Gasteiger partial charge in [0, 0.05) is 30.6 Å². The number of carbonyl (C=O) groups excluding carboxylic acids is 1. The first-order valence-electron chi connectivity index (χ1n) is 7.70. The first kappa shape index (κ1) is 16.5. The van der Waals surface area contributed by atoms with Crippen molar-refractivity contribution in [2.24, 2.45) is 17.3 Å². The Labute approximate surface area is 130 Å². The SMILES string of the molecule is CC1C(NC(=O)N2CCSCC2)CCC(C(=O)O)C1(C)C. The van der Waals surface area contributed by atoms with Crippen LogP contribution in [0.25, 0.3) is 0 Å². The fourth-order valence-corrected chi connectivity index (χ4v) is 4.36. The Morgan fingerprint density at radius 2 is 1.86 bits per heavy atom. The van der Waals surface area contributed by atoms with Crippen LogP contribution in [0, 0.1) is 17.3 Å². The molecule has 0 spiro atoms. The minimum atomic E-state index is -0.718. The molecule has 2 aliphatic rings. The third kappa shape index (κ3) is 3.47. The van der Waals surface area contributed by atoms with E-state index in [9.17, 15) is 14.7 Å². The molecular formula is C15H26N2O3S. The summed E-state index contributed by atoms with van der Waals surface area (Å²) in [6.07, 6.45) is 1.38. The highest BCUT2D eigenvalue weighted by Gasteiger charge is 2.46. The van der Waals surface area contributed by atoms with Crippen LogP contribution >= 0.6 is 11.8 Å². The number of carboxylic acids is 1. The second kappa shape index (κ2) is 6.46. The molecule has 1 aliphatic carbocycles. The second-order valence-corrected chi connectivity index (χ2v) is 7.96. The predicted molar refractivity (Wildman–Crippen MR) is 84.5 cm³/mol. The van der Waals surface area contributed by atoms with Crippen molar-refractivity contribution in [2.75, 3.05) is 24.6 Å². The van der Waals surface area contributed by atoms with Crippen molar-refractivity contribution < 1.29 is 14.7 Å². The quantitative estimate of drug-likeness (QED) is 0.820. The molecular weight excluding hydrogens is 288 g/mol. The summed E-state index contributed by atoms with van der Waals surface area (Å²) < 4.78 is 0. The Kier molecular flexibility index (Phi) is 5.07. The van der Waals surface area contributed by atoms with Gasteiger partial charge >= 0.3 is 12.0 Å². The molecule has 0 radical (unpaired) electrons. The van der Waals surface area contributed by atoms with Gasteiger partial charge in [-0.05, 0) is 24.2 Å². The van der Waals surface area contributed by atoms with Crippen LogP contribution < -0.4 is 5.32 Å². The summed E-state index contributed by atoms with van der Waals surface area (Å²) >= 11 is 1.88. The Bertz CT molecular complexity index is 408. The Morgan fingerprint density at radius 1 is 1.24 bits per heavy atom. The number of thioether (sulfide) groups is 1. The zero-order chi connectivity index (χ0) is 15.6. The number of nitrogens with zero attached hydrogens (tertiary/aromatic N) is 1. The van der Waals surface area contributed by atoms with E-state index in [0.29, 0.717) is 6.42 Å². The van der Waals surface area contributed by atoms with Crippen LogP contribution in [0.5, 0.6) is 0 Å². The smallest absolute Gasteiger partial charge is 0.317 e. The monoisotopic (exact) mass is 314 g/mol. The number of hydrogen-bond donors (Lipinski definition) is 2. The molecule has 2 fully saturated rings. The van der Waals surface area contributed by atoms with Crippen molar-refractivity contribution >= 4 is 23.8 Å². The third-order valence-electron chi connectivity index (χ3n) is 5.35. The van der Waals surface area contributed by atoms with Gasteiger partial charge in [0.2, 0.25) is 0 Å². The topological polar surface area (TPSA) is 69.6 Å². The summed E-state index contributed by atoms with van der Waals surface area (Å²) in [6, 6.07) is 0.0782. The summed E-state index contributed by atoms with van der Waals surface area (Å²) in [6.45, 7) is 7.68. The summed E-state index contributed by atoms with van der Waals surface area (Å²) in [7, 11) is 0. The van der Waals surface area contributed by atoms with Gasteiger partial charge in [0.25, 0.3) is 0 Å². The Hall–Kier alpha value is -0.910. The summed E-state index contributed by atoms with van der Waals surface area (Å²) in [5.74, 6) is 1.10. The first-order valence-corrected chi connectivity index (χ1v) is 8.85. The molecule has 2 amide bonds. The highest BCUT2D eigenvalue weighted by molar-refractivity contribution is 7.99. The predicted octanol–water partition coefficient (Wildman–Crippen LogP) is 2.27. The normalized spacial score (nSPS) is 32.5. The van der Waals surface area contributed by atoms with E-state index in [-0.39, 0.29) is 29.3 Å². The van der Waals surface area contributed by atoms with Gasteiger partial charge in [-0.25, -0.2) is 4.79 Å². The van der Waals surface area contributed by atoms with Gasteiger partial charge in [-0.2, -0.15) is 11.8 Å². The van der Waals surface area contributed by atoms with E-state index in [1.807, 2.05) is 30.5 Å². The zero-order valence-corrected chi connectivity index (χ0v) is 13.9. The molecule has 0 aromatic heterocycles. The molecule has 5 nitrogen and oxygen atoms in total. The number of hydrogen-bond acceptors (Lipinski definition) is 3. The first-order chi connectivity index (χ1) is 9.84. The molecule has 1 saturated carbocycles. The standard InChI is InChI=1S/C15H26N2O3S/c1-10-12(5-4-11(13(18)19)15(10,2)3)16-14(20)17-6-8-21-9-7-17/h10-12H,4-9H2,1-3H3,(H,16,20)(H,18,19). The van der Waals surface area contributed by atoms with Crippen molar-refractivity contribution in [3.63, 3.8) is 0 Å². The zero-order valence-electron chi connectivity index (χ0n) is 13.1. The molecule has 120 valence electrons. The van der Waals surface area contributed by atoms with Gasteiger partial charge in [0.05, 0.1) is 5.92 Å². The molecule has 2 N–H and O–H groups in total. The number of urea groups is 1. The molecule has 3 atom stereocenters. The van der Waals surface area contributed by atoms with Crippen molar-refractivity contribution in [3.8, 4) is 0 Å². The van der Waals surface area contributed by atoms with E-state index in [0.717, 1.165) is 31.0 Å². The molecule has 0 aromatic carbocycles. The number of rotatable bonds is 2. The number of aliphatic carboxylic acids is 1. The maximum Gasteiger partial charge on any atom is 0.317 e. The van der Waals surface area contributed by atoms with Crippen LogP contribution in [0.2, 0.25) is 0 Å². The van der Waals surface area contributed by atoms with Gasteiger partial charge in [-0.3, -0.25) is 4.79 Å². The highest BCUT2D eigenvalue weighted by Crippen LogP contribution is 2.45. The Morgan fingerprint density at radius 3 is 2.43 bits per heavy atom. The van der Waals surface area contributed by atoms with Gasteiger partial charge in [-0.1, -0.05) is 20.8 Å². The molecule has 2 rings (SSSR count). The highest BCUT2D eigenvalue weighted by atomic mass is 32.2. The van der Waals surface area contributed by atoms with Crippen molar-refractivity contribution in [2.45, 2.75) is 39.7 Å². The van der Waals surface area contributed by atoms with Crippen LogP contribution in [0.15, 0.2) is 0 Å².